The number of hydrogen-bond acceptors (Lipinski definition) is 2. The summed E-state index contributed by atoms with van der Waals surface area (Å²) in [4.78, 5) is 11.8. The van der Waals surface area contributed by atoms with Crippen LogP contribution in [-0.2, 0) is 4.79 Å². The van der Waals surface area contributed by atoms with Gasteiger partial charge in [-0.15, -0.1) is 0 Å². The molecule has 0 N–H and O–H groups in total. The van der Waals surface area contributed by atoms with Gasteiger partial charge in [-0.1, -0.05) is 48.5 Å². The third kappa shape index (κ3) is 4.98. The van der Waals surface area contributed by atoms with Crippen molar-refractivity contribution in [3.05, 3.63) is 71.8 Å². The van der Waals surface area contributed by atoms with E-state index in [2.05, 4.69) is 0 Å². The van der Waals surface area contributed by atoms with Crippen LogP contribution in [-0.4, -0.2) is 33.3 Å². The number of esters is 1. The number of carbonyl (C=O) groups excluding carboxylic acids is 1. The van der Waals surface area contributed by atoms with Crippen molar-refractivity contribution in [3.63, 3.8) is 0 Å². The zero-order chi connectivity index (χ0) is 12.8. The van der Waals surface area contributed by atoms with Crippen LogP contribution in [0.15, 0.2) is 66.2 Å². The normalized spacial score (nSPS) is 10.5. The molecule has 2 radical (unpaired) electrons. The number of rotatable bonds is 3. The first-order valence-electron chi connectivity index (χ1n) is 5.76. The minimum atomic E-state index is -0.329. The van der Waals surface area contributed by atoms with Crippen LogP contribution in [0.4, 0.5) is 0 Å². The van der Waals surface area contributed by atoms with Gasteiger partial charge in [-0.05, 0) is 30.7 Å². The zero-order valence-electron chi connectivity index (χ0n) is 10.9. The van der Waals surface area contributed by atoms with Gasteiger partial charge in [0.25, 0.3) is 0 Å². The summed E-state index contributed by atoms with van der Waals surface area (Å²) in [6.07, 6.45) is 1.81. The molecule has 0 amide bonds. The monoisotopic (exact) mass is 448 g/mol. The van der Waals surface area contributed by atoms with E-state index < -0.39 is 0 Å². The van der Waals surface area contributed by atoms with E-state index in [0.29, 0.717) is 11.3 Å². The van der Waals surface area contributed by atoms with Gasteiger partial charge in [-0.25, -0.2) is 4.79 Å². The summed E-state index contributed by atoms with van der Waals surface area (Å²) in [5.74, 6) is 0.230. The number of carbonyl (C=O) groups is 1. The second-order valence-corrected chi connectivity index (χ2v) is 3.94. The molecule has 0 aliphatic carbocycles. The third-order valence-electron chi connectivity index (χ3n) is 2.46. The molecule has 0 aliphatic heterocycles. The van der Waals surface area contributed by atoms with E-state index in [1.54, 1.807) is 19.1 Å². The average Bonchev–Trinajstić information content (AvgIpc) is 2.41. The molecule has 0 heterocycles. The van der Waals surface area contributed by atoms with E-state index in [0.717, 1.165) is 5.56 Å². The standard InChI is InChI=1S/C16H14O2.Pb.2H/c1-13(12-14-8-4-2-5-9-14)16(17)18-15-10-6-3-7-11-15;;;/h2-12H,1H3;;;. The summed E-state index contributed by atoms with van der Waals surface area (Å²) in [5.41, 5.74) is 1.56. The predicted molar refractivity (Wildman–Crippen MR) is 80.7 cm³/mol. The summed E-state index contributed by atoms with van der Waals surface area (Å²) >= 11 is 0. The van der Waals surface area contributed by atoms with Crippen molar-refractivity contribution in [2.45, 2.75) is 6.92 Å². The molecule has 0 aromatic heterocycles. The molecule has 2 aromatic carbocycles. The molecule has 19 heavy (non-hydrogen) atoms. The van der Waals surface area contributed by atoms with Gasteiger partial charge in [-0.2, -0.15) is 0 Å². The predicted octanol–water partition coefficient (Wildman–Crippen LogP) is 2.78. The fraction of sp³-hybridized carbons (Fsp3) is 0.0625. The first-order chi connectivity index (χ1) is 8.75. The Bertz CT molecular complexity index is 547. The Morgan fingerprint density at radius 2 is 1.47 bits per heavy atom. The fourth-order valence-corrected chi connectivity index (χ4v) is 1.53. The molecule has 0 unspecified atom stereocenters. The van der Waals surface area contributed by atoms with Gasteiger partial charge in [0.1, 0.15) is 5.75 Å². The number of para-hydroxylation sites is 1. The van der Waals surface area contributed by atoms with Crippen LogP contribution >= 0.6 is 0 Å². The Balaban J connectivity index is 0.00000180. The van der Waals surface area contributed by atoms with Crippen LogP contribution in [0.3, 0.4) is 0 Å². The molecule has 2 rings (SSSR count). The molecule has 3 heteroatoms. The first kappa shape index (κ1) is 15.6. The first-order valence-corrected chi connectivity index (χ1v) is 5.76. The Labute approximate surface area is 133 Å². The Kier molecular flexibility index (Phi) is 6.49. The zero-order valence-corrected chi connectivity index (χ0v) is 16.4. The molecular formula is C16H16O2Pb. The van der Waals surface area contributed by atoms with E-state index in [9.17, 15) is 4.79 Å². The molecule has 0 spiro atoms. The summed E-state index contributed by atoms with van der Waals surface area (Å²) < 4.78 is 5.24. The second kappa shape index (κ2) is 7.89. The maximum absolute atomic E-state index is 11.8. The molecule has 0 fully saturated rings. The van der Waals surface area contributed by atoms with E-state index in [4.69, 9.17) is 4.74 Å². The van der Waals surface area contributed by atoms with Crippen LogP contribution < -0.4 is 4.74 Å². The average molecular weight is 448 g/mol. The molecule has 0 bridgehead atoms. The fourth-order valence-electron chi connectivity index (χ4n) is 1.53. The van der Waals surface area contributed by atoms with Crippen molar-refractivity contribution < 1.29 is 9.53 Å². The minimum absolute atomic E-state index is 0. The van der Waals surface area contributed by atoms with Crippen molar-refractivity contribution in [1.29, 1.82) is 0 Å². The molecule has 0 atom stereocenters. The Hall–Kier alpha value is -1.43. The molecule has 0 aliphatic rings. The quantitative estimate of drug-likeness (QED) is 0.313. The van der Waals surface area contributed by atoms with Gasteiger partial charge in [0, 0.05) is 5.57 Å². The van der Waals surface area contributed by atoms with Crippen LogP contribution in [0, 0.1) is 0 Å². The van der Waals surface area contributed by atoms with Crippen LogP contribution in [0.5, 0.6) is 5.75 Å². The van der Waals surface area contributed by atoms with Crippen LogP contribution in [0.25, 0.3) is 6.08 Å². The SMILES string of the molecule is CC(=Cc1ccccc1)C(=O)Oc1ccccc1.[PbH2]. The van der Waals surface area contributed by atoms with Gasteiger partial charge >= 0.3 is 33.3 Å². The second-order valence-electron chi connectivity index (χ2n) is 3.94. The summed E-state index contributed by atoms with van der Waals surface area (Å²) in [6, 6.07) is 18.7. The van der Waals surface area contributed by atoms with Crippen molar-refractivity contribution in [1.82, 2.24) is 0 Å². The third-order valence-corrected chi connectivity index (χ3v) is 2.46. The van der Waals surface area contributed by atoms with Crippen molar-refractivity contribution in [3.8, 4) is 5.75 Å². The van der Waals surface area contributed by atoms with Crippen molar-refractivity contribution in [2.24, 2.45) is 0 Å². The van der Waals surface area contributed by atoms with E-state index in [-0.39, 0.29) is 33.3 Å². The molecule has 0 saturated carbocycles. The number of benzene rings is 2. The van der Waals surface area contributed by atoms with Gasteiger partial charge in [0.05, 0.1) is 0 Å². The van der Waals surface area contributed by atoms with Gasteiger partial charge < -0.3 is 4.74 Å². The van der Waals surface area contributed by atoms with E-state index in [1.165, 1.54) is 0 Å². The molecule has 96 valence electrons. The maximum atomic E-state index is 11.8. The topological polar surface area (TPSA) is 26.3 Å². The summed E-state index contributed by atoms with van der Waals surface area (Å²) in [6.45, 7) is 1.75. The Morgan fingerprint density at radius 1 is 0.947 bits per heavy atom. The van der Waals surface area contributed by atoms with Crippen molar-refractivity contribution >= 4 is 39.3 Å². The summed E-state index contributed by atoms with van der Waals surface area (Å²) in [7, 11) is 0. The van der Waals surface area contributed by atoms with E-state index in [1.807, 2.05) is 54.6 Å². The van der Waals surface area contributed by atoms with Crippen molar-refractivity contribution in [2.75, 3.05) is 0 Å². The van der Waals surface area contributed by atoms with Crippen LogP contribution in [0.2, 0.25) is 0 Å². The van der Waals surface area contributed by atoms with Gasteiger partial charge in [-0.3, -0.25) is 0 Å². The van der Waals surface area contributed by atoms with E-state index >= 15 is 0 Å². The van der Waals surface area contributed by atoms with Gasteiger partial charge in [0.2, 0.25) is 0 Å². The Morgan fingerprint density at radius 3 is 2.05 bits per heavy atom. The van der Waals surface area contributed by atoms with Gasteiger partial charge in [0.15, 0.2) is 0 Å². The van der Waals surface area contributed by atoms with Crippen LogP contribution in [0.1, 0.15) is 12.5 Å². The number of ether oxygens (including phenoxy) is 1. The molecule has 2 aromatic rings. The number of hydrogen-bond donors (Lipinski definition) is 0. The molecular weight excluding hydrogens is 431 g/mol. The molecule has 0 saturated heterocycles. The molecule has 2 nitrogen and oxygen atoms in total. The summed E-state index contributed by atoms with van der Waals surface area (Å²) in [5, 5.41) is 0.